The molecule has 7 nitrogen and oxygen atoms in total. The second-order valence-corrected chi connectivity index (χ2v) is 8.00. The summed E-state index contributed by atoms with van der Waals surface area (Å²) in [5.41, 5.74) is 0.0176. The van der Waals surface area contributed by atoms with Crippen LogP contribution in [0.3, 0.4) is 0 Å². The number of carbonyl (C=O) groups is 1. The Morgan fingerprint density at radius 1 is 1.18 bits per heavy atom. The van der Waals surface area contributed by atoms with Gasteiger partial charge in [0, 0.05) is 13.1 Å². The van der Waals surface area contributed by atoms with E-state index in [-0.39, 0.29) is 18.5 Å². The summed E-state index contributed by atoms with van der Waals surface area (Å²) in [6, 6.07) is 9.83. The highest BCUT2D eigenvalue weighted by Crippen LogP contribution is 2.37. The number of aliphatic hydroxyl groups is 1. The number of carbonyl (C=O) groups excluding carboxylic acids is 1. The largest absolute Gasteiger partial charge is 0.383 e. The van der Waals surface area contributed by atoms with Gasteiger partial charge in [-0.15, -0.1) is 0 Å². The van der Waals surface area contributed by atoms with Gasteiger partial charge in [0.15, 0.2) is 0 Å². The maximum absolute atomic E-state index is 13.0. The van der Waals surface area contributed by atoms with E-state index in [1.54, 1.807) is 4.68 Å². The molecule has 2 aliphatic rings. The minimum Gasteiger partial charge on any atom is -0.383 e. The average molecular weight is 383 g/mol. The van der Waals surface area contributed by atoms with Crippen molar-refractivity contribution >= 4 is 5.91 Å². The molecule has 0 radical (unpaired) electrons. The third kappa shape index (κ3) is 3.56. The van der Waals surface area contributed by atoms with Gasteiger partial charge < -0.3 is 10.0 Å². The lowest BCUT2D eigenvalue weighted by molar-refractivity contribution is -0.143. The molecular weight excluding hydrogens is 354 g/mol. The number of aromatic nitrogens is 3. The zero-order valence-electron chi connectivity index (χ0n) is 16.7. The first-order chi connectivity index (χ1) is 13.5. The third-order valence-electron chi connectivity index (χ3n) is 6.16. The number of amides is 1. The molecule has 2 aliphatic heterocycles. The van der Waals surface area contributed by atoms with E-state index in [0.29, 0.717) is 25.3 Å². The van der Waals surface area contributed by atoms with E-state index in [1.807, 2.05) is 49.1 Å². The molecule has 2 fully saturated rings. The van der Waals surface area contributed by atoms with Crippen LogP contribution in [-0.4, -0.2) is 67.8 Å². The average Bonchev–Trinajstić information content (AvgIpc) is 3.32. The number of nitrogens with zero attached hydrogens (tertiary/aromatic N) is 5. The van der Waals surface area contributed by atoms with Gasteiger partial charge in [-0.05, 0) is 51.8 Å². The van der Waals surface area contributed by atoms with E-state index in [1.165, 1.54) is 0 Å². The van der Waals surface area contributed by atoms with Crippen LogP contribution in [0.25, 0.3) is 0 Å². The van der Waals surface area contributed by atoms with Crippen LogP contribution < -0.4 is 0 Å². The van der Waals surface area contributed by atoms with Gasteiger partial charge in [-0.1, -0.05) is 30.3 Å². The summed E-state index contributed by atoms with van der Waals surface area (Å²) >= 11 is 0. The fraction of sp³-hybridized carbons (Fsp3) is 0.571. The number of piperidine rings is 1. The quantitative estimate of drug-likeness (QED) is 0.866. The summed E-state index contributed by atoms with van der Waals surface area (Å²) < 4.78 is 1.67. The Morgan fingerprint density at radius 2 is 1.89 bits per heavy atom. The second-order valence-electron chi connectivity index (χ2n) is 8.00. The summed E-state index contributed by atoms with van der Waals surface area (Å²) in [5, 5.41) is 16.0. The fourth-order valence-corrected chi connectivity index (χ4v) is 4.62. The molecule has 1 N–H and O–H groups in total. The lowest BCUT2D eigenvalue weighted by Crippen LogP contribution is -2.61. The topological polar surface area (TPSA) is 74.5 Å². The second kappa shape index (κ2) is 7.64. The SMILES string of the molecule is Cc1nc(C)n(CC(=O)N2CC[C@](O)(c3ccccc3)[C@H](N3CCCC3)C2)n1. The molecule has 0 saturated carbocycles. The molecule has 150 valence electrons. The lowest BCUT2D eigenvalue weighted by Gasteiger charge is -2.48. The molecule has 2 aromatic rings. The van der Waals surface area contributed by atoms with Crippen LogP contribution >= 0.6 is 0 Å². The van der Waals surface area contributed by atoms with Gasteiger partial charge in [0.05, 0.1) is 6.04 Å². The lowest BCUT2D eigenvalue weighted by atomic mass is 9.79. The van der Waals surface area contributed by atoms with E-state index >= 15 is 0 Å². The first-order valence-electron chi connectivity index (χ1n) is 10.1. The highest BCUT2D eigenvalue weighted by atomic mass is 16.3. The number of benzene rings is 1. The van der Waals surface area contributed by atoms with Gasteiger partial charge in [0.1, 0.15) is 23.8 Å². The summed E-state index contributed by atoms with van der Waals surface area (Å²) in [6.07, 6.45) is 2.83. The van der Waals surface area contributed by atoms with Crippen LogP contribution in [0.1, 0.15) is 36.5 Å². The summed E-state index contributed by atoms with van der Waals surface area (Å²) in [6.45, 7) is 6.93. The Morgan fingerprint density at radius 3 is 2.54 bits per heavy atom. The van der Waals surface area contributed by atoms with Crippen molar-refractivity contribution in [3.8, 4) is 0 Å². The molecule has 3 heterocycles. The van der Waals surface area contributed by atoms with Crippen LogP contribution in [0.5, 0.6) is 0 Å². The van der Waals surface area contributed by atoms with Gasteiger partial charge >= 0.3 is 0 Å². The molecule has 28 heavy (non-hydrogen) atoms. The van der Waals surface area contributed by atoms with Crippen molar-refractivity contribution in [2.24, 2.45) is 0 Å². The monoisotopic (exact) mass is 383 g/mol. The van der Waals surface area contributed by atoms with E-state index in [4.69, 9.17) is 0 Å². The van der Waals surface area contributed by atoms with Crippen LogP contribution in [0, 0.1) is 13.8 Å². The molecule has 2 saturated heterocycles. The zero-order chi connectivity index (χ0) is 19.7. The van der Waals surface area contributed by atoms with Crippen LogP contribution in [-0.2, 0) is 16.9 Å². The molecule has 1 aromatic carbocycles. The third-order valence-corrected chi connectivity index (χ3v) is 6.16. The first kappa shape index (κ1) is 19.1. The summed E-state index contributed by atoms with van der Waals surface area (Å²) in [5.74, 6) is 1.46. The highest BCUT2D eigenvalue weighted by molar-refractivity contribution is 5.76. The Balaban J connectivity index is 1.55. The molecule has 1 aromatic heterocycles. The summed E-state index contributed by atoms with van der Waals surface area (Å²) in [7, 11) is 0. The van der Waals surface area contributed by atoms with Gasteiger partial charge in [-0.2, -0.15) is 5.10 Å². The number of rotatable bonds is 4. The van der Waals surface area contributed by atoms with Crippen molar-refractivity contribution in [2.45, 2.75) is 51.3 Å². The van der Waals surface area contributed by atoms with Gasteiger partial charge in [0.25, 0.3) is 0 Å². The predicted molar refractivity (Wildman–Crippen MR) is 106 cm³/mol. The molecule has 0 aliphatic carbocycles. The Labute approximate surface area is 166 Å². The predicted octanol–water partition coefficient (Wildman–Crippen LogP) is 1.48. The van der Waals surface area contributed by atoms with Gasteiger partial charge in [-0.3, -0.25) is 9.69 Å². The minimum absolute atomic E-state index is 0.0345. The smallest absolute Gasteiger partial charge is 0.244 e. The standard InChI is InChI=1S/C21H29N5O2/c1-16-22-17(2)26(23-16)15-20(27)25-13-10-21(28,18-8-4-3-5-9-18)19(14-25)24-11-6-7-12-24/h3-5,8-9,19,28H,6-7,10-15H2,1-2H3/t19-,21+/m1/s1. The highest BCUT2D eigenvalue weighted by Gasteiger charge is 2.47. The van der Waals surface area contributed by atoms with E-state index in [9.17, 15) is 9.90 Å². The molecule has 2 atom stereocenters. The fourth-order valence-electron chi connectivity index (χ4n) is 4.62. The maximum atomic E-state index is 13.0. The van der Waals surface area contributed by atoms with E-state index in [2.05, 4.69) is 15.0 Å². The Hall–Kier alpha value is -2.25. The van der Waals surface area contributed by atoms with Crippen molar-refractivity contribution in [1.29, 1.82) is 0 Å². The van der Waals surface area contributed by atoms with Crippen LogP contribution in [0.2, 0.25) is 0 Å². The molecule has 7 heteroatoms. The van der Waals surface area contributed by atoms with Crippen molar-refractivity contribution < 1.29 is 9.90 Å². The van der Waals surface area contributed by atoms with Crippen molar-refractivity contribution in [3.05, 3.63) is 47.5 Å². The normalized spacial score (nSPS) is 26.0. The number of hydrogen-bond acceptors (Lipinski definition) is 5. The molecule has 0 unspecified atom stereocenters. The molecule has 4 rings (SSSR count). The zero-order valence-corrected chi connectivity index (χ0v) is 16.7. The summed E-state index contributed by atoms with van der Waals surface area (Å²) in [4.78, 5) is 21.5. The molecule has 1 amide bonds. The van der Waals surface area contributed by atoms with Crippen molar-refractivity contribution in [3.63, 3.8) is 0 Å². The van der Waals surface area contributed by atoms with E-state index < -0.39 is 5.60 Å². The van der Waals surface area contributed by atoms with E-state index in [0.717, 1.165) is 37.3 Å². The molecule has 0 spiro atoms. The Kier molecular flexibility index (Phi) is 5.21. The molecular formula is C21H29N5O2. The van der Waals surface area contributed by atoms with Crippen molar-refractivity contribution in [1.82, 2.24) is 24.6 Å². The number of hydrogen-bond donors (Lipinski definition) is 1. The van der Waals surface area contributed by atoms with Crippen molar-refractivity contribution in [2.75, 3.05) is 26.2 Å². The maximum Gasteiger partial charge on any atom is 0.244 e. The van der Waals surface area contributed by atoms with Crippen LogP contribution in [0.15, 0.2) is 30.3 Å². The first-order valence-corrected chi connectivity index (χ1v) is 10.1. The number of aryl methyl sites for hydroxylation is 2. The van der Waals surface area contributed by atoms with Gasteiger partial charge in [-0.25, -0.2) is 9.67 Å². The van der Waals surface area contributed by atoms with Gasteiger partial charge in [0.2, 0.25) is 5.91 Å². The minimum atomic E-state index is -0.928. The molecule has 0 bridgehead atoms. The Bertz CT molecular complexity index is 831. The number of likely N-dealkylation sites (tertiary alicyclic amines) is 2. The van der Waals surface area contributed by atoms with Crippen LogP contribution in [0.4, 0.5) is 0 Å².